The highest BCUT2D eigenvalue weighted by Gasteiger charge is 2.12. The third-order valence-corrected chi connectivity index (χ3v) is 5.14. The van der Waals surface area contributed by atoms with Crippen LogP contribution in [0.2, 0.25) is 0 Å². The van der Waals surface area contributed by atoms with E-state index in [1.54, 1.807) is 43.3 Å². The van der Waals surface area contributed by atoms with Crippen LogP contribution in [0.3, 0.4) is 0 Å². The number of anilines is 2. The van der Waals surface area contributed by atoms with E-state index in [9.17, 15) is 18.0 Å². The zero-order chi connectivity index (χ0) is 18.7. The average molecular weight is 374 g/mol. The predicted octanol–water partition coefficient (Wildman–Crippen LogP) is 2.26. The average Bonchev–Trinajstić information content (AvgIpc) is 2.93. The molecule has 8 nitrogen and oxygen atoms in total. The number of nitrogens with one attached hydrogen (secondary N) is 4. The topological polar surface area (TPSA) is 124 Å². The molecule has 3 rings (SSSR count). The zero-order valence-corrected chi connectivity index (χ0v) is 14.8. The number of fused-ring (bicyclic) bond motifs is 1. The highest BCUT2D eigenvalue weighted by molar-refractivity contribution is 7.92. The van der Waals surface area contributed by atoms with Gasteiger partial charge in [0.05, 0.1) is 16.8 Å². The first-order chi connectivity index (χ1) is 12.4. The maximum absolute atomic E-state index is 12.4. The van der Waals surface area contributed by atoms with E-state index in [1.165, 1.54) is 6.07 Å². The van der Waals surface area contributed by atoms with E-state index >= 15 is 0 Å². The summed E-state index contributed by atoms with van der Waals surface area (Å²) in [5, 5.41) is 2.72. The molecule has 0 spiro atoms. The lowest BCUT2D eigenvalue weighted by Crippen LogP contribution is -2.17. The quantitative estimate of drug-likeness (QED) is 0.528. The molecule has 0 bridgehead atoms. The molecule has 1 amide bonds. The van der Waals surface area contributed by atoms with Crippen molar-refractivity contribution in [1.82, 2.24) is 9.97 Å². The SMILES string of the molecule is CCCS(=O)(=O)Nc1cccc(C(=O)Nc2ccc3[nH]c(=O)[nH]c3c2)c1. The van der Waals surface area contributed by atoms with Gasteiger partial charge in [-0.1, -0.05) is 13.0 Å². The molecule has 0 aliphatic rings. The second-order valence-electron chi connectivity index (χ2n) is 5.80. The van der Waals surface area contributed by atoms with E-state index in [4.69, 9.17) is 0 Å². The Hall–Kier alpha value is -3.07. The van der Waals surface area contributed by atoms with E-state index in [2.05, 4.69) is 20.0 Å². The third kappa shape index (κ3) is 4.12. The number of hydrogen-bond acceptors (Lipinski definition) is 4. The van der Waals surface area contributed by atoms with Crippen molar-refractivity contribution in [3.63, 3.8) is 0 Å². The molecule has 2 aromatic carbocycles. The van der Waals surface area contributed by atoms with Gasteiger partial charge in [0, 0.05) is 16.9 Å². The highest BCUT2D eigenvalue weighted by atomic mass is 32.2. The fourth-order valence-corrected chi connectivity index (χ4v) is 3.66. The van der Waals surface area contributed by atoms with Gasteiger partial charge in [-0.05, 0) is 42.8 Å². The Morgan fingerprint density at radius 2 is 1.81 bits per heavy atom. The Morgan fingerprint density at radius 3 is 2.58 bits per heavy atom. The zero-order valence-electron chi connectivity index (χ0n) is 14.0. The largest absolute Gasteiger partial charge is 0.323 e. The lowest BCUT2D eigenvalue weighted by atomic mass is 10.2. The summed E-state index contributed by atoms with van der Waals surface area (Å²) in [6, 6.07) is 11.2. The molecule has 0 aliphatic heterocycles. The molecule has 0 atom stereocenters. The van der Waals surface area contributed by atoms with Crippen molar-refractivity contribution in [1.29, 1.82) is 0 Å². The van der Waals surface area contributed by atoms with Crippen LogP contribution in [-0.2, 0) is 10.0 Å². The summed E-state index contributed by atoms with van der Waals surface area (Å²) in [7, 11) is -3.43. The van der Waals surface area contributed by atoms with E-state index in [1.807, 2.05) is 0 Å². The number of sulfonamides is 1. The Bertz CT molecular complexity index is 1110. The molecule has 0 fully saturated rings. The second kappa shape index (κ2) is 7.04. The summed E-state index contributed by atoms with van der Waals surface area (Å²) in [6.45, 7) is 1.78. The van der Waals surface area contributed by atoms with Crippen LogP contribution in [-0.4, -0.2) is 30.0 Å². The van der Waals surface area contributed by atoms with Crippen molar-refractivity contribution < 1.29 is 13.2 Å². The first-order valence-corrected chi connectivity index (χ1v) is 9.65. The summed E-state index contributed by atoms with van der Waals surface area (Å²) in [5.41, 5.74) is 2.04. The summed E-state index contributed by atoms with van der Waals surface area (Å²) in [5.74, 6) is -0.378. The van der Waals surface area contributed by atoms with Gasteiger partial charge < -0.3 is 15.3 Å². The minimum Gasteiger partial charge on any atom is -0.322 e. The van der Waals surface area contributed by atoms with Crippen molar-refractivity contribution in [2.24, 2.45) is 0 Å². The maximum Gasteiger partial charge on any atom is 0.323 e. The Labute approximate surface area is 149 Å². The molecule has 1 heterocycles. The number of amides is 1. The molecular weight excluding hydrogens is 356 g/mol. The van der Waals surface area contributed by atoms with Crippen LogP contribution in [0.5, 0.6) is 0 Å². The van der Waals surface area contributed by atoms with Crippen LogP contribution in [0.15, 0.2) is 47.3 Å². The van der Waals surface area contributed by atoms with Crippen molar-refractivity contribution in [2.45, 2.75) is 13.3 Å². The van der Waals surface area contributed by atoms with E-state index in [0.717, 1.165) is 0 Å². The van der Waals surface area contributed by atoms with Gasteiger partial charge in [-0.25, -0.2) is 13.2 Å². The van der Waals surface area contributed by atoms with Crippen LogP contribution < -0.4 is 15.7 Å². The Kier molecular flexibility index (Phi) is 4.81. The Balaban J connectivity index is 1.78. The lowest BCUT2D eigenvalue weighted by molar-refractivity contribution is 0.102. The number of H-pyrrole nitrogens is 2. The summed E-state index contributed by atoms with van der Waals surface area (Å²) in [4.78, 5) is 29.0. The Morgan fingerprint density at radius 1 is 1.04 bits per heavy atom. The minimum absolute atomic E-state index is 0.0122. The fraction of sp³-hybridized carbons (Fsp3) is 0.176. The predicted molar refractivity (Wildman–Crippen MR) is 101 cm³/mol. The number of carbonyl (C=O) groups is 1. The number of rotatable bonds is 6. The van der Waals surface area contributed by atoms with Crippen molar-refractivity contribution in [3.05, 3.63) is 58.5 Å². The molecule has 0 aliphatic carbocycles. The molecule has 4 N–H and O–H groups in total. The maximum atomic E-state index is 12.4. The van der Waals surface area contributed by atoms with Gasteiger partial charge in [-0.15, -0.1) is 0 Å². The minimum atomic E-state index is -3.43. The van der Waals surface area contributed by atoms with Crippen molar-refractivity contribution in [3.8, 4) is 0 Å². The van der Waals surface area contributed by atoms with E-state index in [-0.39, 0.29) is 11.4 Å². The molecule has 1 aromatic heterocycles. The van der Waals surface area contributed by atoms with E-state index < -0.39 is 15.9 Å². The molecule has 0 unspecified atom stereocenters. The number of carbonyl (C=O) groups excluding carboxylic acids is 1. The lowest BCUT2D eigenvalue weighted by Gasteiger charge is -2.09. The van der Waals surface area contributed by atoms with Crippen LogP contribution in [0.4, 0.5) is 11.4 Å². The monoisotopic (exact) mass is 374 g/mol. The summed E-state index contributed by atoms with van der Waals surface area (Å²) < 4.78 is 26.2. The standard InChI is InChI=1S/C17H18N4O4S/c1-2-8-26(24,25)21-13-5-3-4-11(9-13)16(22)18-12-6-7-14-15(10-12)20-17(23)19-14/h3-7,9-10,21H,2,8H2,1H3,(H,18,22)(H2,19,20,23). The highest BCUT2D eigenvalue weighted by Crippen LogP contribution is 2.17. The summed E-state index contributed by atoms with van der Waals surface area (Å²) in [6.07, 6.45) is 0.499. The molecule has 136 valence electrons. The number of aromatic nitrogens is 2. The van der Waals surface area contributed by atoms with Crippen LogP contribution in [0.25, 0.3) is 11.0 Å². The number of hydrogen-bond donors (Lipinski definition) is 4. The summed E-state index contributed by atoms with van der Waals surface area (Å²) >= 11 is 0. The first kappa shape index (κ1) is 17.7. The van der Waals surface area contributed by atoms with Crippen LogP contribution in [0, 0.1) is 0 Å². The first-order valence-electron chi connectivity index (χ1n) is 8.00. The molecule has 0 saturated heterocycles. The van der Waals surface area contributed by atoms with Crippen molar-refractivity contribution >= 4 is 38.3 Å². The second-order valence-corrected chi connectivity index (χ2v) is 7.64. The van der Waals surface area contributed by atoms with Gasteiger partial charge in [0.15, 0.2) is 0 Å². The molecule has 0 radical (unpaired) electrons. The van der Waals surface area contributed by atoms with Crippen LogP contribution >= 0.6 is 0 Å². The van der Waals surface area contributed by atoms with Gasteiger partial charge in [-0.3, -0.25) is 9.52 Å². The molecule has 0 saturated carbocycles. The number of aromatic amines is 2. The molecular formula is C17H18N4O4S. The number of imidazole rings is 1. The fourth-order valence-electron chi connectivity index (χ4n) is 2.54. The smallest absolute Gasteiger partial charge is 0.322 e. The third-order valence-electron chi connectivity index (χ3n) is 3.64. The molecule has 3 aromatic rings. The normalized spacial score (nSPS) is 11.4. The van der Waals surface area contributed by atoms with Crippen LogP contribution in [0.1, 0.15) is 23.7 Å². The molecule has 9 heteroatoms. The van der Waals surface area contributed by atoms with Gasteiger partial charge in [0.25, 0.3) is 5.91 Å². The van der Waals surface area contributed by atoms with E-state index in [0.29, 0.717) is 34.4 Å². The molecule has 26 heavy (non-hydrogen) atoms. The number of benzene rings is 2. The van der Waals surface area contributed by atoms with Gasteiger partial charge in [-0.2, -0.15) is 0 Å². The van der Waals surface area contributed by atoms with Gasteiger partial charge in [0.2, 0.25) is 10.0 Å². The van der Waals surface area contributed by atoms with Crippen molar-refractivity contribution in [2.75, 3.05) is 15.8 Å². The van der Waals surface area contributed by atoms with Gasteiger partial charge >= 0.3 is 5.69 Å². The van der Waals surface area contributed by atoms with Gasteiger partial charge in [0.1, 0.15) is 0 Å².